The number of ketones is 1. The van der Waals surface area contributed by atoms with E-state index in [-0.39, 0.29) is 24.4 Å². The number of benzene rings is 1. The molecule has 27 heavy (non-hydrogen) atoms. The van der Waals surface area contributed by atoms with E-state index < -0.39 is 11.2 Å². The smallest absolute Gasteiger partial charge is 0.231 e. The SMILES string of the molecule is C/C=C\C1=C[C@@]2(OC)[C@H](C)[C@@H](c3ccc4c(c3)OCO4)C[C@]2(OC)CC1=O. The molecular weight excluding hydrogens is 344 g/mol. The minimum absolute atomic E-state index is 0.0983. The molecule has 4 atom stereocenters. The molecule has 1 aromatic rings. The first-order valence-corrected chi connectivity index (χ1v) is 9.39. The van der Waals surface area contributed by atoms with Crippen LogP contribution >= 0.6 is 0 Å². The van der Waals surface area contributed by atoms with Gasteiger partial charge in [0.05, 0.1) is 0 Å². The molecule has 0 radical (unpaired) electrons. The molecule has 3 aliphatic rings. The molecule has 144 valence electrons. The Bertz CT molecular complexity index is 826. The summed E-state index contributed by atoms with van der Waals surface area (Å²) in [4.78, 5) is 12.8. The van der Waals surface area contributed by atoms with Crippen LogP contribution in [0.2, 0.25) is 0 Å². The van der Waals surface area contributed by atoms with Crippen molar-refractivity contribution < 1.29 is 23.7 Å². The summed E-state index contributed by atoms with van der Waals surface area (Å²) >= 11 is 0. The topological polar surface area (TPSA) is 54.0 Å². The predicted octanol–water partition coefficient (Wildman–Crippen LogP) is 3.78. The standard InChI is InChI=1S/C22H26O5/c1-5-6-16-10-22(25-4)14(2)17(11-21(22,24-3)12-18(16)23)15-7-8-19-20(9-15)27-13-26-19/h5-10,14,17H,11-13H2,1-4H3/b6-5-/t14-,17+,21+,22-/m1/s1. The number of allylic oxidation sites excluding steroid dienone is 3. The van der Waals surface area contributed by atoms with Gasteiger partial charge < -0.3 is 18.9 Å². The molecule has 0 aromatic heterocycles. The third-order valence-corrected chi connectivity index (χ3v) is 6.58. The highest BCUT2D eigenvalue weighted by Crippen LogP contribution is 2.59. The molecule has 0 unspecified atom stereocenters. The number of methoxy groups -OCH3 is 2. The van der Waals surface area contributed by atoms with E-state index in [2.05, 4.69) is 13.0 Å². The Hall–Kier alpha value is -2.11. The van der Waals surface area contributed by atoms with Crippen molar-refractivity contribution in [1.29, 1.82) is 0 Å². The van der Waals surface area contributed by atoms with Crippen LogP contribution < -0.4 is 9.47 Å². The third kappa shape index (κ3) is 2.48. The van der Waals surface area contributed by atoms with Gasteiger partial charge in [-0.1, -0.05) is 25.1 Å². The zero-order valence-electron chi connectivity index (χ0n) is 16.3. The fraction of sp³-hybridized carbons (Fsp3) is 0.500. The maximum atomic E-state index is 12.8. The highest BCUT2D eigenvalue weighted by Gasteiger charge is 2.65. The molecule has 2 aliphatic carbocycles. The zero-order chi connectivity index (χ0) is 19.2. The summed E-state index contributed by atoms with van der Waals surface area (Å²) in [6, 6.07) is 6.08. The van der Waals surface area contributed by atoms with Gasteiger partial charge >= 0.3 is 0 Å². The molecule has 0 saturated heterocycles. The van der Waals surface area contributed by atoms with Crippen LogP contribution in [-0.4, -0.2) is 38.0 Å². The highest BCUT2D eigenvalue weighted by atomic mass is 16.7. The van der Waals surface area contributed by atoms with E-state index in [9.17, 15) is 4.79 Å². The van der Waals surface area contributed by atoms with Crippen LogP contribution in [0.3, 0.4) is 0 Å². The van der Waals surface area contributed by atoms with E-state index in [1.807, 2.05) is 37.3 Å². The maximum Gasteiger partial charge on any atom is 0.231 e. The number of Topliss-reactive ketones (excluding diaryl/α,β-unsaturated/α-hetero) is 1. The summed E-state index contributed by atoms with van der Waals surface area (Å²) in [5.41, 5.74) is 0.517. The Kier molecular flexibility index (Phi) is 4.40. The number of carbonyl (C=O) groups is 1. The van der Waals surface area contributed by atoms with Gasteiger partial charge in [0.25, 0.3) is 0 Å². The van der Waals surface area contributed by atoms with Gasteiger partial charge in [0.15, 0.2) is 17.3 Å². The molecule has 0 bridgehead atoms. The summed E-state index contributed by atoms with van der Waals surface area (Å²) in [6.45, 7) is 4.35. The van der Waals surface area contributed by atoms with Crippen molar-refractivity contribution in [2.45, 2.75) is 43.8 Å². The maximum absolute atomic E-state index is 12.8. The molecule has 1 fully saturated rings. The summed E-state index contributed by atoms with van der Waals surface area (Å²) in [5, 5.41) is 0. The molecular formula is C22H26O5. The molecule has 1 aromatic carbocycles. The average Bonchev–Trinajstić information content (AvgIpc) is 3.24. The minimum Gasteiger partial charge on any atom is -0.454 e. The van der Waals surface area contributed by atoms with Gasteiger partial charge in [-0.2, -0.15) is 0 Å². The number of rotatable bonds is 4. The van der Waals surface area contributed by atoms with E-state index in [1.165, 1.54) is 0 Å². The van der Waals surface area contributed by atoms with Crippen LogP contribution in [-0.2, 0) is 14.3 Å². The second-order valence-electron chi connectivity index (χ2n) is 7.61. The van der Waals surface area contributed by atoms with Gasteiger partial charge in [-0.05, 0) is 49.0 Å². The largest absolute Gasteiger partial charge is 0.454 e. The third-order valence-electron chi connectivity index (χ3n) is 6.58. The van der Waals surface area contributed by atoms with Crippen molar-refractivity contribution in [2.24, 2.45) is 5.92 Å². The zero-order valence-corrected chi connectivity index (χ0v) is 16.3. The summed E-state index contributed by atoms with van der Waals surface area (Å²) in [6.07, 6.45) is 6.77. The summed E-state index contributed by atoms with van der Waals surface area (Å²) < 4.78 is 23.2. The molecule has 0 spiro atoms. The van der Waals surface area contributed by atoms with Crippen LogP contribution in [0.25, 0.3) is 0 Å². The van der Waals surface area contributed by atoms with Crippen molar-refractivity contribution in [2.75, 3.05) is 21.0 Å². The summed E-state index contributed by atoms with van der Waals surface area (Å²) in [5.74, 6) is 1.94. The Labute approximate surface area is 159 Å². The van der Waals surface area contributed by atoms with Gasteiger partial charge in [0.2, 0.25) is 6.79 Å². The first kappa shape index (κ1) is 18.3. The molecule has 0 amide bonds. The lowest BCUT2D eigenvalue weighted by Gasteiger charge is -2.46. The average molecular weight is 370 g/mol. The molecule has 1 saturated carbocycles. The normalized spacial score (nSPS) is 34.8. The fourth-order valence-corrected chi connectivity index (χ4v) is 5.17. The van der Waals surface area contributed by atoms with E-state index in [0.717, 1.165) is 17.1 Å². The molecule has 1 heterocycles. The van der Waals surface area contributed by atoms with E-state index in [1.54, 1.807) is 14.2 Å². The van der Waals surface area contributed by atoms with Gasteiger partial charge in [0.1, 0.15) is 11.2 Å². The van der Waals surface area contributed by atoms with Crippen LogP contribution in [0.5, 0.6) is 11.5 Å². The molecule has 4 rings (SSSR count). The second kappa shape index (κ2) is 6.50. The lowest BCUT2D eigenvalue weighted by molar-refractivity contribution is -0.168. The van der Waals surface area contributed by atoms with Gasteiger partial charge in [0, 0.05) is 26.2 Å². The monoisotopic (exact) mass is 370 g/mol. The first-order valence-electron chi connectivity index (χ1n) is 9.39. The molecule has 1 aliphatic heterocycles. The van der Waals surface area contributed by atoms with E-state index >= 15 is 0 Å². The highest BCUT2D eigenvalue weighted by molar-refractivity contribution is 6.00. The van der Waals surface area contributed by atoms with Crippen molar-refractivity contribution in [3.63, 3.8) is 0 Å². The Morgan fingerprint density at radius 1 is 1.19 bits per heavy atom. The van der Waals surface area contributed by atoms with E-state index in [4.69, 9.17) is 18.9 Å². The van der Waals surface area contributed by atoms with Crippen molar-refractivity contribution in [1.82, 2.24) is 0 Å². The lowest BCUT2D eigenvalue weighted by atomic mass is 9.71. The molecule has 0 N–H and O–H groups in total. The van der Waals surface area contributed by atoms with Crippen LogP contribution in [0.4, 0.5) is 0 Å². The second-order valence-corrected chi connectivity index (χ2v) is 7.61. The Morgan fingerprint density at radius 3 is 2.67 bits per heavy atom. The first-order chi connectivity index (χ1) is 13.0. The number of hydrogen-bond donors (Lipinski definition) is 0. The van der Waals surface area contributed by atoms with E-state index in [0.29, 0.717) is 18.4 Å². The van der Waals surface area contributed by atoms with Crippen LogP contribution in [0.15, 0.2) is 42.0 Å². The van der Waals surface area contributed by atoms with Gasteiger partial charge in [-0.15, -0.1) is 0 Å². The summed E-state index contributed by atoms with van der Waals surface area (Å²) in [7, 11) is 3.40. The number of fused-ring (bicyclic) bond motifs is 2. The molecule has 5 heteroatoms. The Balaban J connectivity index is 1.80. The number of hydrogen-bond acceptors (Lipinski definition) is 5. The fourth-order valence-electron chi connectivity index (χ4n) is 5.17. The predicted molar refractivity (Wildman–Crippen MR) is 101 cm³/mol. The van der Waals surface area contributed by atoms with Crippen LogP contribution in [0.1, 0.15) is 38.2 Å². The van der Waals surface area contributed by atoms with Crippen molar-refractivity contribution in [3.8, 4) is 11.5 Å². The van der Waals surface area contributed by atoms with Gasteiger partial charge in [-0.3, -0.25) is 4.79 Å². The minimum atomic E-state index is -0.676. The van der Waals surface area contributed by atoms with Crippen molar-refractivity contribution in [3.05, 3.63) is 47.6 Å². The Morgan fingerprint density at radius 2 is 1.96 bits per heavy atom. The quantitative estimate of drug-likeness (QED) is 0.807. The van der Waals surface area contributed by atoms with Crippen molar-refractivity contribution >= 4 is 5.78 Å². The lowest BCUT2D eigenvalue weighted by Crippen LogP contribution is -2.57. The van der Waals surface area contributed by atoms with Gasteiger partial charge in [-0.25, -0.2) is 0 Å². The molecule has 5 nitrogen and oxygen atoms in total. The number of ether oxygens (including phenoxy) is 4. The van der Waals surface area contributed by atoms with Crippen LogP contribution in [0, 0.1) is 5.92 Å². The number of carbonyl (C=O) groups excluding carboxylic acids is 1.